The van der Waals surface area contributed by atoms with Gasteiger partial charge in [-0.05, 0) is 18.2 Å². The predicted molar refractivity (Wildman–Crippen MR) is 55.2 cm³/mol. The summed E-state index contributed by atoms with van der Waals surface area (Å²) >= 11 is 1.65. The summed E-state index contributed by atoms with van der Waals surface area (Å²) in [6.45, 7) is 3.97. The van der Waals surface area contributed by atoms with Crippen LogP contribution >= 0.6 is 11.8 Å². The monoisotopic (exact) mass is 197 g/mol. The Kier molecular flexibility index (Phi) is 3.78. The smallest absolute Gasteiger partial charge is 0.423 e. The molecule has 0 aliphatic rings. The van der Waals surface area contributed by atoms with Crippen LogP contribution < -0.4 is 5.46 Å². The maximum atomic E-state index is 8.88. The van der Waals surface area contributed by atoms with Gasteiger partial charge in [0.15, 0.2) is 0 Å². The second-order valence-corrected chi connectivity index (χ2v) is 3.95. The molecule has 3 nitrogen and oxygen atoms in total. The molecule has 0 fully saturated rings. The standard InChI is InChI=1S/C8H12BNO2S/c1-3-13-8-6(2)4-7(5-10-8)9(11)12/h4-5,11-12H,3H2,1-2H3. The third-order valence-electron chi connectivity index (χ3n) is 1.63. The molecule has 0 amide bonds. The molecule has 13 heavy (non-hydrogen) atoms. The van der Waals surface area contributed by atoms with Gasteiger partial charge in [-0.2, -0.15) is 0 Å². The molecule has 0 aliphatic heterocycles. The van der Waals surface area contributed by atoms with Gasteiger partial charge in [-0.15, -0.1) is 11.8 Å². The number of nitrogens with zero attached hydrogens (tertiary/aromatic N) is 1. The van der Waals surface area contributed by atoms with E-state index in [1.807, 2.05) is 6.92 Å². The molecule has 5 heteroatoms. The Balaban J connectivity index is 2.92. The van der Waals surface area contributed by atoms with Crippen LogP contribution in [0.2, 0.25) is 0 Å². The molecular formula is C8H12BNO2S. The summed E-state index contributed by atoms with van der Waals surface area (Å²) in [6, 6.07) is 1.75. The molecule has 0 saturated carbocycles. The first-order chi connectivity index (χ1) is 6.15. The van der Waals surface area contributed by atoms with Crippen molar-refractivity contribution in [2.45, 2.75) is 18.9 Å². The maximum absolute atomic E-state index is 8.88. The second-order valence-electron chi connectivity index (χ2n) is 2.70. The lowest BCUT2D eigenvalue weighted by Crippen LogP contribution is -2.30. The van der Waals surface area contributed by atoms with E-state index in [-0.39, 0.29) is 0 Å². The van der Waals surface area contributed by atoms with E-state index in [0.29, 0.717) is 5.46 Å². The van der Waals surface area contributed by atoms with E-state index in [0.717, 1.165) is 16.3 Å². The summed E-state index contributed by atoms with van der Waals surface area (Å²) in [5.74, 6) is 0.967. The number of rotatable bonds is 3. The van der Waals surface area contributed by atoms with Crippen LogP contribution in [0.4, 0.5) is 0 Å². The van der Waals surface area contributed by atoms with Crippen LogP contribution in [-0.4, -0.2) is 27.9 Å². The minimum Gasteiger partial charge on any atom is -0.423 e. The minimum atomic E-state index is -1.42. The van der Waals surface area contributed by atoms with E-state index in [1.165, 1.54) is 6.20 Å². The van der Waals surface area contributed by atoms with E-state index in [1.54, 1.807) is 17.8 Å². The van der Waals surface area contributed by atoms with Crippen LogP contribution in [0, 0.1) is 6.92 Å². The van der Waals surface area contributed by atoms with Gasteiger partial charge in [-0.25, -0.2) is 0 Å². The maximum Gasteiger partial charge on any atom is 0.490 e. The van der Waals surface area contributed by atoms with Crippen LogP contribution in [0.5, 0.6) is 0 Å². The quantitative estimate of drug-likeness (QED) is 0.536. The Morgan fingerprint density at radius 3 is 2.69 bits per heavy atom. The van der Waals surface area contributed by atoms with E-state index in [2.05, 4.69) is 11.9 Å². The lowest BCUT2D eigenvalue weighted by molar-refractivity contribution is 0.425. The zero-order chi connectivity index (χ0) is 9.84. The highest BCUT2D eigenvalue weighted by molar-refractivity contribution is 7.99. The fourth-order valence-corrected chi connectivity index (χ4v) is 1.70. The number of pyridine rings is 1. The summed E-state index contributed by atoms with van der Waals surface area (Å²) in [7, 11) is -1.42. The van der Waals surface area contributed by atoms with Crippen molar-refractivity contribution in [1.82, 2.24) is 4.98 Å². The van der Waals surface area contributed by atoms with Crippen LogP contribution in [0.3, 0.4) is 0 Å². The van der Waals surface area contributed by atoms with Gasteiger partial charge in [0.05, 0.1) is 5.03 Å². The number of hydrogen-bond donors (Lipinski definition) is 2. The Labute approximate surface area is 82.4 Å². The van der Waals surface area contributed by atoms with E-state index < -0.39 is 7.12 Å². The number of aryl methyl sites for hydroxylation is 1. The van der Waals surface area contributed by atoms with Gasteiger partial charge >= 0.3 is 7.12 Å². The Hall–Kier alpha value is -0.515. The van der Waals surface area contributed by atoms with Gasteiger partial charge in [-0.1, -0.05) is 13.0 Å². The molecule has 0 aliphatic carbocycles. The largest absolute Gasteiger partial charge is 0.490 e. The van der Waals surface area contributed by atoms with Gasteiger partial charge in [0.2, 0.25) is 0 Å². The lowest BCUT2D eigenvalue weighted by atomic mass is 9.81. The predicted octanol–water partition coefficient (Wildman–Crippen LogP) is 0.182. The average Bonchev–Trinajstić information content (AvgIpc) is 2.08. The van der Waals surface area contributed by atoms with Gasteiger partial charge < -0.3 is 10.0 Å². The zero-order valence-corrected chi connectivity index (χ0v) is 8.51. The Morgan fingerprint density at radius 1 is 1.54 bits per heavy atom. The fourth-order valence-electron chi connectivity index (χ4n) is 1.01. The third-order valence-corrected chi connectivity index (χ3v) is 2.62. The van der Waals surface area contributed by atoms with Crippen molar-refractivity contribution < 1.29 is 10.0 Å². The SMILES string of the molecule is CCSc1ncc(B(O)O)cc1C. The highest BCUT2D eigenvalue weighted by Gasteiger charge is 2.12. The van der Waals surface area contributed by atoms with Crippen LogP contribution in [0.15, 0.2) is 17.3 Å². The molecule has 70 valence electrons. The van der Waals surface area contributed by atoms with Crippen molar-refractivity contribution in [3.8, 4) is 0 Å². The van der Waals surface area contributed by atoms with Crippen LogP contribution in [0.1, 0.15) is 12.5 Å². The van der Waals surface area contributed by atoms with E-state index >= 15 is 0 Å². The first kappa shape index (κ1) is 10.6. The van der Waals surface area contributed by atoms with Crippen molar-refractivity contribution in [2.75, 3.05) is 5.75 Å². The summed E-state index contributed by atoms with van der Waals surface area (Å²) in [5, 5.41) is 18.7. The van der Waals surface area contributed by atoms with Gasteiger partial charge in [0.1, 0.15) is 0 Å². The molecule has 0 unspecified atom stereocenters. The van der Waals surface area contributed by atoms with E-state index in [4.69, 9.17) is 10.0 Å². The lowest BCUT2D eigenvalue weighted by Gasteiger charge is -2.04. The molecule has 0 spiro atoms. The molecule has 0 atom stereocenters. The second kappa shape index (κ2) is 4.65. The normalized spacial score (nSPS) is 10.2. The third kappa shape index (κ3) is 2.72. The highest BCUT2D eigenvalue weighted by Crippen LogP contribution is 2.17. The summed E-state index contributed by atoms with van der Waals surface area (Å²) in [5.41, 5.74) is 1.43. The van der Waals surface area contributed by atoms with Gasteiger partial charge in [0, 0.05) is 11.7 Å². The molecule has 1 heterocycles. The Bertz CT molecular complexity index is 293. The fraction of sp³-hybridized carbons (Fsp3) is 0.375. The molecule has 0 saturated heterocycles. The van der Waals surface area contributed by atoms with Crippen molar-refractivity contribution in [3.63, 3.8) is 0 Å². The molecule has 0 bridgehead atoms. The summed E-state index contributed by atoms with van der Waals surface area (Å²) in [4.78, 5) is 4.13. The molecule has 1 rings (SSSR count). The average molecular weight is 197 g/mol. The first-order valence-corrected chi connectivity index (χ1v) is 5.09. The van der Waals surface area contributed by atoms with Crippen LogP contribution in [0.25, 0.3) is 0 Å². The van der Waals surface area contributed by atoms with Crippen molar-refractivity contribution in [1.29, 1.82) is 0 Å². The molecule has 1 aromatic heterocycles. The highest BCUT2D eigenvalue weighted by atomic mass is 32.2. The summed E-state index contributed by atoms with van der Waals surface area (Å²) in [6.07, 6.45) is 1.50. The molecule has 2 N–H and O–H groups in total. The minimum absolute atomic E-state index is 0.443. The van der Waals surface area contributed by atoms with Crippen molar-refractivity contribution in [3.05, 3.63) is 17.8 Å². The van der Waals surface area contributed by atoms with Gasteiger partial charge in [-0.3, -0.25) is 4.98 Å². The molecule has 0 radical (unpaired) electrons. The first-order valence-electron chi connectivity index (χ1n) is 4.10. The number of thioether (sulfide) groups is 1. The topological polar surface area (TPSA) is 53.4 Å². The Morgan fingerprint density at radius 2 is 2.23 bits per heavy atom. The molecule has 0 aromatic carbocycles. The number of aromatic nitrogens is 1. The van der Waals surface area contributed by atoms with Gasteiger partial charge in [0.25, 0.3) is 0 Å². The summed E-state index contributed by atoms with van der Waals surface area (Å²) < 4.78 is 0. The van der Waals surface area contributed by atoms with Crippen LogP contribution in [-0.2, 0) is 0 Å². The van der Waals surface area contributed by atoms with Crippen molar-refractivity contribution >= 4 is 24.3 Å². The number of hydrogen-bond acceptors (Lipinski definition) is 4. The molecule has 1 aromatic rings. The van der Waals surface area contributed by atoms with E-state index in [9.17, 15) is 0 Å². The molecular weight excluding hydrogens is 185 g/mol. The zero-order valence-electron chi connectivity index (χ0n) is 7.69. The van der Waals surface area contributed by atoms with Crippen molar-refractivity contribution in [2.24, 2.45) is 0 Å².